The number of aromatic nitrogens is 4. The lowest BCUT2D eigenvalue weighted by molar-refractivity contribution is 1.03. The predicted octanol–water partition coefficient (Wildman–Crippen LogP) is 0.455. The summed E-state index contributed by atoms with van der Waals surface area (Å²) in [6.45, 7) is 0.620. The van der Waals surface area contributed by atoms with Crippen molar-refractivity contribution in [1.82, 2.24) is 20.2 Å². The molecule has 2 rings (SSSR count). The molecular weight excluding hydrogens is 188 g/mol. The van der Waals surface area contributed by atoms with Gasteiger partial charge in [0.2, 0.25) is 11.9 Å². The molecule has 0 saturated heterocycles. The standard InChI is InChI=1S/C6H8N6S/c7-5-10-6(12-11-5)9-3-4-8-1-2-13-4/h1-2H,3H2,(H4,7,9,10,11,12). The van der Waals surface area contributed by atoms with Crippen molar-refractivity contribution < 1.29 is 0 Å². The summed E-state index contributed by atoms with van der Waals surface area (Å²) in [6, 6.07) is 0. The highest BCUT2D eigenvalue weighted by atomic mass is 32.1. The monoisotopic (exact) mass is 196 g/mol. The van der Waals surface area contributed by atoms with Crippen molar-refractivity contribution in [1.29, 1.82) is 0 Å². The molecule has 0 aromatic carbocycles. The van der Waals surface area contributed by atoms with E-state index in [1.54, 1.807) is 17.5 Å². The van der Waals surface area contributed by atoms with Gasteiger partial charge in [-0.15, -0.1) is 16.4 Å². The van der Waals surface area contributed by atoms with Gasteiger partial charge >= 0.3 is 0 Å². The Kier molecular flexibility index (Phi) is 2.09. The van der Waals surface area contributed by atoms with Crippen molar-refractivity contribution in [3.8, 4) is 0 Å². The molecule has 0 fully saturated rings. The van der Waals surface area contributed by atoms with E-state index >= 15 is 0 Å². The van der Waals surface area contributed by atoms with Gasteiger partial charge in [-0.25, -0.2) is 10.1 Å². The number of anilines is 2. The molecule has 0 aliphatic carbocycles. The lowest BCUT2D eigenvalue weighted by atomic mass is 10.6. The summed E-state index contributed by atoms with van der Waals surface area (Å²) in [4.78, 5) is 7.98. The number of H-pyrrole nitrogens is 1. The second-order valence-corrected chi connectivity index (χ2v) is 3.30. The van der Waals surface area contributed by atoms with Crippen LogP contribution in [0.3, 0.4) is 0 Å². The van der Waals surface area contributed by atoms with Gasteiger partial charge in [-0.2, -0.15) is 4.98 Å². The summed E-state index contributed by atoms with van der Waals surface area (Å²) >= 11 is 1.58. The molecular formula is C6H8N6S. The number of aromatic amines is 1. The van der Waals surface area contributed by atoms with E-state index in [1.165, 1.54) is 0 Å². The average Bonchev–Trinajstić information content (AvgIpc) is 2.71. The first-order chi connectivity index (χ1) is 6.34. The van der Waals surface area contributed by atoms with Gasteiger partial charge in [-0.1, -0.05) is 0 Å². The first kappa shape index (κ1) is 7.99. The SMILES string of the molecule is Nc1nc(NCc2nccs2)n[nH]1. The lowest BCUT2D eigenvalue weighted by Gasteiger charge is -1.95. The van der Waals surface area contributed by atoms with Crippen LogP contribution in [0.15, 0.2) is 11.6 Å². The third-order valence-electron chi connectivity index (χ3n) is 1.38. The molecule has 0 unspecified atom stereocenters. The summed E-state index contributed by atoms with van der Waals surface area (Å²) in [6.07, 6.45) is 1.76. The zero-order valence-corrected chi connectivity index (χ0v) is 7.51. The van der Waals surface area contributed by atoms with Crippen LogP contribution in [0.5, 0.6) is 0 Å². The van der Waals surface area contributed by atoms with Gasteiger partial charge in [0.25, 0.3) is 0 Å². The molecule has 0 aliphatic rings. The van der Waals surface area contributed by atoms with E-state index in [1.807, 2.05) is 5.38 Å². The number of hydrogen-bond donors (Lipinski definition) is 3. The van der Waals surface area contributed by atoms with Gasteiger partial charge in [0, 0.05) is 11.6 Å². The number of nitrogens with two attached hydrogens (primary N) is 1. The maximum atomic E-state index is 5.35. The van der Waals surface area contributed by atoms with Crippen molar-refractivity contribution in [3.63, 3.8) is 0 Å². The zero-order valence-electron chi connectivity index (χ0n) is 6.69. The first-order valence-electron chi connectivity index (χ1n) is 3.65. The summed E-state index contributed by atoms with van der Waals surface area (Å²) in [5, 5.41) is 12.2. The van der Waals surface area contributed by atoms with Crippen LogP contribution in [0.25, 0.3) is 0 Å². The molecule has 7 heteroatoms. The average molecular weight is 196 g/mol. The second kappa shape index (κ2) is 3.40. The molecule has 6 nitrogen and oxygen atoms in total. The van der Waals surface area contributed by atoms with Crippen LogP contribution >= 0.6 is 11.3 Å². The van der Waals surface area contributed by atoms with E-state index in [9.17, 15) is 0 Å². The highest BCUT2D eigenvalue weighted by Crippen LogP contribution is 2.06. The fourth-order valence-electron chi connectivity index (χ4n) is 0.848. The fourth-order valence-corrected chi connectivity index (χ4v) is 1.40. The number of nitrogens with zero attached hydrogens (tertiary/aromatic N) is 3. The quantitative estimate of drug-likeness (QED) is 0.663. The molecule has 2 heterocycles. The van der Waals surface area contributed by atoms with Crippen LogP contribution in [0, 0.1) is 0 Å². The van der Waals surface area contributed by atoms with Gasteiger partial charge in [-0.3, -0.25) is 0 Å². The number of nitrogen functional groups attached to an aromatic ring is 1. The van der Waals surface area contributed by atoms with Gasteiger partial charge in [0.15, 0.2) is 0 Å². The van der Waals surface area contributed by atoms with Crippen molar-refractivity contribution in [2.75, 3.05) is 11.1 Å². The highest BCUT2D eigenvalue weighted by molar-refractivity contribution is 7.09. The maximum absolute atomic E-state index is 5.35. The Morgan fingerprint density at radius 3 is 3.15 bits per heavy atom. The first-order valence-corrected chi connectivity index (χ1v) is 4.52. The maximum Gasteiger partial charge on any atom is 0.244 e. The smallest absolute Gasteiger partial charge is 0.244 e. The molecule has 68 valence electrons. The Labute approximate surface area is 78.2 Å². The van der Waals surface area contributed by atoms with Crippen molar-refractivity contribution in [2.24, 2.45) is 0 Å². The Balaban J connectivity index is 1.93. The normalized spacial score (nSPS) is 10.2. The van der Waals surface area contributed by atoms with Gasteiger partial charge < -0.3 is 11.1 Å². The topological polar surface area (TPSA) is 92.5 Å². The van der Waals surface area contributed by atoms with E-state index in [0.717, 1.165) is 5.01 Å². The second-order valence-electron chi connectivity index (χ2n) is 2.32. The van der Waals surface area contributed by atoms with Crippen LogP contribution in [0.4, 0.5) is 11.9 Å². The minimum Gasteiger partial charge on any atom is -0.368 e. The van der Waals surface area contributed by atoms with Crippen molar-refractivity contribution in [3.05, 3.63) is 16.6 Å². The number of rotatable bonds is 3. The zero-order chi connectivity index (χ0) is 9.10. The Hall–Kier alpha value is -1.63. The largest absolute Gasteiger partial charge is 0.368 e. The van der Waals surface area contributed by atoms with E-state index < -0.39 is 0 Å². The number of nitrogens with one attached hydrogen (secondary N) is 2. The molecule has 0 spiro atoms. The Bertz CT molecular complexity index is 366. The molecule has 13 heavy (non-hydrogen) atoms. The predicted molar refractivity (Wildman–Crippen MR) is 50.2 cm³/mol. The highest BCUT2D eigenvalue weighted by Gasteiger charge is 1.99. The lowest BCUT2D eigenvalue weighted by Crippen LogP contribution is -2.00. The van der Waals surface area contributed by atoms with Crippen LogP contribution in [0.2, 0.25) is 0 Å². The minimum atomic E-state index is 0.307. The molecule has 2 aromatic rings. The molecule has 4 N–H and O–H groups in total. The van der Waals surface area contributed by atoms with Crippen LogP contribution in [-0.4, -0.2) is 20.2 Å². The van der Waals surface area contributed by atoms with E-state index in [4.69, 9.17) is 5.73 Å². The molecule has 0 saturated carbocycles. The summed E-state index contributed by atoms with van der Waals surface area (Å²) in [5.41, 5.74) is 5.35. The van der Waals surface area contributed by atoms with E-state index in [2.05, 4.69) is 25.5 Å². The summed E-state index contributed by atoms with van der Waals surface area (Å²) in [5.74, 6) is 0.800. The molecule has 0 atom stereocenters. The Morgan fingerprint density at radius 2 is 2.54 bits per heavy atom. The van der Waals surface area contributed by atoms with Gasteiger partial charge in [-0.05, 0) is 0 Å². The molecule has 2 aromatic heterocycles. The van der Waals surface area contributed by atoms with Crippen LogP contribution in [0.1, 0.15) is 5.01 Å². The number of thiazole rings is 1. The molecule has 0 aliphatic heterocycles. The van der Waals surface area contributed by atoms with Gasteiger partial charge in [0.1, 0.15) is 5.01 Å². The van der Waals surface area contributed by atoms with E-state index in [0.29, 0.717) is 18.4 Å². The third-order valence-corrected chi connectivity index (χ3v) is 2.16. The summed E-state index contributed by atoms with van der Waals surface area (Å²) < 4.78 is 0. The molecule has 0 amide bonds. The van der Waals surface area contributed by atoms with Crippen LogP contribution < -0.4 is 11.1 Å². The minimum absolute atomic E-state index is 0.307. The fraction of sp³-hybridized carbons (Fsp3) is 0.167. The van der Waals surface area contributed by atoms with Crippen molar-refractivity contribution >= 4 is 23.2 Å². The van der Waals surface area contributed by atoms with Gasteiger partial charge in [0.05, 0.1) is 6.54 Å². The summed E-state index contributed by atoms with van der Waals surface area (Å²) in [7, 11) is 0. The molecule has 0 radical (unpaired) electrons. The van der Waals surface area contributed by atoms with Crippen molar-refractivity contribution in [2.45, 2.75) is 6.54 Å². The van der Waals surface area contributed by atoms with E-state index in [-0.39, 0.29) is 0 Å². The Morgan fingerprint density at radius 1 is 1.62 bits per heavy atom. The molecule has 0 bridgehead atoms. The number of hydrogen-bond acceptors (Lipinski definition) is 6. The third kappa shape index (κ3) is 1.94. The van der Waals surface area contributed by atoms with Crippen LogP contribution in [-0.2, 0) is 6.54 Å².